The van der Waals surface area contributed by atoms with Crippen molar-refractivity contribution in [3.63, 3.8) is 0 Å². The Labute approximate surface area is 196 Å². The van der Waals surface area contributed by atoms with Gasteiger partial charge >= 0.3 is 0 Å². The molecule has 4 aromatic rings. The van der Waals surface area contributed by atoms with Crippen LogP contribution in [0, 0.1) is 0 Å². The topological polar surface area (TPSA) is 89.8 Å². The number of benzene rings is 3. The monoisotopic (exact) mass is 453 g/mol. The van der Waals surface area contributed by atoms with Gasteiger partial charge in [-0.1, -0.05) is 54.6 Å². The number of hydrazone groups is 1. The summed E-state index contributed by atoms with van der Waals surface area (Å²) >= 11 is 0. The third-order valence-corrected chi connectivity index (χ3v) is 5.51. The zero-order valence-corrected chi connectivity index (χ0v) is 18.5. The summed E-state index contributed by atoms with van der Waals surface area (Å²) in [7, 11) is 1.58. The average Bonchev–Trinajstić information content (AvgIpc) is 3.47. The van der Waals surface area contributed by atoms with Gasteiger partial charge in [0.25, 0.3) is 5.91 Å². The van der Waals surface area contributed by atoms with Crippen molar-refractivity contribution in [3.8, 4) is 17.2 Å². The number of nitrogens with zero attached hydrogens (tertiary/aromatic N) is 3. The van der Waals surface area contributed by atoms with Crippen LogP contribution in [0.15, 0.2) is 90.2 Å². The summed E-state index contributed by atoms with van der Waals surface area (Å²) in [4.78, 5) is 12.8. The van der Waals surface area contributed by atoms with Gasteiger partial charge < -0.3 is 14.8 Å². The van der Waals surface area contributed by atoms with E-state index < -0.39 is 0 Å². The van der Waals surface area contributed by atoms with E-state index in [1.807, 2.05) is 60.7 Å². The van der Waals surface area contributed by atoms with E-state index in [1.165, 1.54) is 6.21 Å². The van der Waals surface area contributed by atoms with Crippen molar-refractivity contribution >= 4 is 17.9 Å². The second-order valence-electron chi connectivity index (χ2n) is 7.69. The molecule has 1 atom stereocenters. The van der Waals surface area contributed by atoms with Gasteiger partial charge in [-0.25, -0.2) is 10.1 Å². The van der Waals surface area contributed by atoms with Crippen molar-refractivity contribution in [2.75, 3.05) is 12.4 Å². The molecular weight excluding hydrogens is 430 g/mol. The number of fused-ring (bicyclic) bond motifs is 1. The fraction of sp³-hybridized carbons (Fsp3) is 0.115. The van der Waals surface area contributed by atoms with Crippen molar-refractivity contribution in [2.24, 2.45) is 5.10 Å². The van der Waals surface area contributed by atoms with E-state index in [1.54, 1.807) is 24.1 Å². The van der Waals surface area contributed by atoms with E-state index in [-0.39, 0.29) is 11.9 Å². The van der Waals surface area contributed by atoms with Crippen LogP contribution in [0.3, 0.4) is 0 Å². The van der Waals surface area contributed by atoms with Gasteiger partial charge in [-0.15, -0.1) is 0 Å². The minimum absolute atomic E-state index is 0.0643. The molecule has 34 heavy (non-hydrogen) atoms. The number of carbonyl (C=O) groups is 1. The summed E-state index contributed by atoms with van der Waals surface area (Å²) in [5.74, 6) is 2.06. The zero-order valence-electron chi connectivity index (χ0n) is 18.5. The highest BCUT2D eigenvalue weighted by Gasteiger charge is 2.28. The highest BCUT2D eigenvalue weighted by molar-refractivity contribution is 5.99. The second-order valence-corrected chi connectivity index (χ2v) is 7.69. The third-order valence-electron chi connectivity index (χ3n) is 5.51. The van der Waals surface area contributed by atoms with Gasteiger partial charge in [-0.3, -0.25) is 4.79 Å². The van der Waals surface area contributed by atoms with Gasteiger partial charge in [0, 0.05) is 5.56 Å². The molecule has 1 aromatic heterocycles. The molecule has 0 aliphatic carbocycles. The summed E-state index contributed by atoms with van der Waals surface area (Å²) < 4.78 is 13.3. The number of aromatic nitrogens is 2. The number of anilines is 1. The molecule has 0 bridgehead atoms. The lowest BCUT2D eigenvalue weighted by molar-refractivity contribution is 0.0956. The van der Waals surface area contributed by atoms with Crippen molar-refractivity contribution in [1.82, 2.24) is 15.2 Å². The maximum absolute atomic E-state index is 12.8. The summed E-state index contributed by atoms with van der Waals surface area (Å²) in [6.07, 6.45) is 3.08. The standard InChI is InChI=1S/C26H23N5O3/c1-33-23-14-8-11-19(24(23)34-20-12-6-3-7-13-20)15-27-30-26(32)21-16-28-31-17-22(29-25(21)31)18-9-4-2-5-10-18/h2-16,22,29H,17H2,1H3,(H,30,32)/b27-15+. The van der Waals surface area contributed by atoms with Crippen LogP contribution in [-0.2, 0) is 6.54 Å². The van der Waals surface area contributed by atoms with E-state index in [0.717, 1.165) is 5.56 Å². The van der Waals surface area contributed by atoms with Crippen LogP contribution < -0.4 is 20.2 Å². The molecule has 1 amide bonds. The number of hydrogen-bond acceptors (Lipinski definition) is 6. The Morgan fingerprint density at radius 2 is 1.85 bits per heavy atom. The lowest BCUT2D eigenvalue weighted by Crippen LogP contribution is -2.18. The Hall–Kier alpha value is -4.59. The van der Waals surface area contributed by atoms with E-state index in [2.05, 4.69) is 33.1 Å². The molecule has 0 spiro atoms. The number of amides is 1. The molecule has 170 valence electrons. The fourth-order valence-electron chi connectivity index (χ4n) is 3.83. The quantitative estimate of drug-likeness (QED) is 0.315. The van der Waals surface area contributed by atoms with Gasteiger partial charge in [-0.05, 0) is 29.8 Å². The van der Waals surface area contributed by atoms with Crippen LogP contribution in [0.5, 0.6) is 17.2 Å². The summed E-state index contributed by atoms with van der Waals surface area (Å²) in [6.45, 7) is 0.653. The Balaban J connectivity index is 1.30. The minimum Gasteiger partial charge on any atom is -0.493 e. The first kappa shape index (κ1) is 21.3. The first-order chi connectivity index (χ1) is 16.7. The largest absolute Gasteiger partial charge is 0.493 e. The highest BCUT2D eigenvalue weighted by Crippen LogP contribution is 2.34. The van der Waals surface area contributed by atoms with Crippen LogP contribution in [-0.4, -0.2) is 29.0 Å². The molecule has 1 aliphatic heterocycles. The number of nitrogens with one attached hydrogen (secondary N) is 2. The number of carbonyl (C=O) groups excluding carboxylic acids is 1. The van der Waals surface area contributed by atoms with Gasteiger partial charge in [-0.2, -0.15) is 10.2 Å². The van der Waals surface area contributed by atoms with Crippen molar-refractivity contribution in [2.45, 2.75) is 12.6 Å². The van der Waals surface area contributed by atoms with Crippen molar-refractivity contribution < 1.29 is 14.3 Å². The van der Waals surface area contributed by atoms with E-state index >= 15 is 0 Å². The van der Waals surface area contributed by atoms with E-state index in [0.29, 0.717) is 40.7 Å². The number of hydrogen-bond donors (Lipinski definition) is 2. The van der Waals surface area contributed by atoms with E-state index in [4.69, 9.17) is 9.47 Å². The second kappa shape index (κ2) is 9.50. The maximum atomic E-state index is 12.8. The van der Waals surface area contributed by atoms with Crippen LogP contribution in [0.25, 0.3) is 0 Å². The molecular formula is C26H23N5O3. The third kappa shape index (κ3) is 4.33. The van der Waals surface area contributed by atoms with E-state index in [9.17, 15) is 4.79 Å². The predicted octanol–water partition coefficient (Wildman–Crippen LogP) is 4.61. The smallest absolute Gasteiger partial charge is 0.276 e. The Kier molecular flexibility index (Phi) is 5.94. The van der Waals surface area contributed by atoms with Crippen molar-refractivity contribution in [1.29, 1.82) is 0 Å². The Bertz CT molecular complexity index is 1320. The molecule has 0 radical (unpaired) electrons. The van der Waals surface area contributed by atoms with Crippen LogP contribution in [0.2, 0.25) is 0 Å². The van der Waals surface area contributed by atoms with Gasteiger partial charge in [0.05, 0.1) is 32.1 Å². The highest BCUT2D eigenvalue weighted by atomic mass is 16.5. The van der Waals surface area contributed by atoms with Gasteiger partial charge in [0.15, 0.2) is 11.5 Å². The fourth-order valence-corrected chi connectivity index (χ4v) is 3.83. The molecule has 1 unspecified atom stereocenters. The summed E-state index contributed by atoms with van der Waals surface area (Å²) in [5, 5.41) is 11.9. The molecule has 3 aromatic carbocycles. The van der Waals surface area contributed by atoms with Gasteiger partial charge in [0.1, 0.15) is 17.1 Å². The lowest BCUT2D eigenvalue weighted by Gasteiger charge is -2.12. The molecule has 8 heteroatoms. The molecule has 2 N–H and O–H groups in total. The normalized spacial score (nSPS) is 14.4. The predicted molar refractivity (Wildman–Crippen MR) is 130 cm³/mol. The Morgan fingerprint density at radius 3 is 2.62 bits per heavy atom. The first-order valence-electron chi connectivity index (χ1n) is 10.8. The lowest BCUT2D eigenvalue weighted by atomic mass is 10.1. The summed E-state index contributed by atoms with van der Waals surface area (Å²) in [6, 6.07) is 25.0. The SMILES string of the molecule is COc1cccc(/C=N/NC(=O)c2cnn3c2NC(c2ccccc2)C3)c1Oc1ccccc1. The number of rotatable bonds is 7. The number of ether oxygens (including phenoxy) is 2. The maximum Gasteiger partial charge on any atom is 0.276 e. The molecule has 5 rings (SSSR count). The van der Waals surface area contributed by atoms with Crippen molar-refractivity contribution in [3.05, 3.63) is 102 Å². The molecule has 0 saturated heterocycles. The molecule has 0 saturated carbocycles. The summed E-state index contributed by atoms with van der Waals surface area (Å²) in [5.41, 5.74) is 4.82. The molecule has 1 aliphatic rings. The first-order valence-corrected chi connectivity index (χ1v) is 10.8. The van der Waals surface area contributed by atoms with Crippen LogP contribution in [0.1, 0.15) is 27.5 Å². The average molecular weight is 454 g/mol. The van der Waals surface area contributed by atoms with Crippen LogP contribution >= 0.6 is 0 Å². The van der Waals surface area contributed by atoms with Crippen LogP contribution in [0.4, 0.5) is 5.82 Å². The Morgan fingerprint density at radius 1 is 1.09 bits per heavy atom. The van der Waals surface area contributed by atoms with Gasteiger partial charge in [0.2, 0.25) is 0 Å². The minimum atomic E-state index is -0.355. The molecule has 0 fully saturated rings. The number of para-hydroxylation sites is 2. The number of methoxy groups -OCH3 is 1. The molecule has 2 heterocycles. The molecule has 8 nitrogen and oxygen atoms in total. The zero-order chi connectivity index (χ0) is 23.3.